The summed E-state index contributed by atoms with van der Waals surface area (Å²) in [7, 11) is -3.48. The van der Waals surface area contributed by atoms with Crippen molar-refractivity contribution in [3.63, 3.8) is 0 Å². The van der Waals surface area contributed by atoms with E-state index in [0.29, 0.717) is 18.2 Å². The molecule has 1 rings (SSSR count). The zero-order chi connectivity index (χ0) is 12.9. The fourth-order valence-corrected chi connectivity index (χ4v) is 1.54. The van der Waals surface area contributed by atoms with Crippen molar-refractivity contribution in [2.24, 2.45) is 5.14 Å². The van der Waals surface area contributed by atoms with E-state index in [2.05, 4.69) is 20.6 Å². The maximum Gasteiger partial charge on any atom is 0.223 e. The van der Waals surface area contributed by atoms with Crippen LogP contribution in [-0.2, 0) is 10.0 Å². The maximum atomic E-state index is 10.7. The molecule has 0 atom stereocenters. The Morgan fingerprint density at radius 3 is 2.41 bits per heavy atom. The Morgan fingerprint density at radius 2 is 1.88 bits per heavy atom. The fraction of sp³-hybridized carbons (Fsp3) is 0.500. The molecule has 0 saturated carbocycles. The van der Waals surface area contributed by atoms with Crippen molar-refractivity contribution < 1.29 is 8.42 Å². The van der Waals surface area contributed by atoms with Crippen LogP contribution in [0.15, 0.2) is 6.07 Å². The van der Waals surface area contributed by atoms with E-state index in [0.717, 1.165) is 0 Å². The summed E-state index contributed by atoms with van der Waals surface area (Å²) >= 11 is 0. The van der Waals surface area contributed by atoms with Crippen molar-refractivity contribution in [3.8, 4) is 0 Å². The third-order valence-corrected chi connectivity index (χ3v) is 2.57. The van der Waals surface area contributed by atoms with E-state index in [1.54, 1.807) is 6.07 Å². The van der Waals surface area contributed by atoms with E-state index < -0.39 is 10.0 Å². The van der Waals surface area contributed by atoms with Crippen molar-refractivity contribution in [3.05, 3.63) is 6.07 Å². The van der Waals surface area contributed by atoms with Gasteiger partial charge in [-0.05, 0) is 6.92 Å². The van der Waals surface area contributed by atoms with Gasteiger partial charge >= 0.3 is 0 Å². The number of nitrogens with one attached hydrogen (secondary N) is 2. The zero-order valence-electron chi connectivity index (χ0n) is 9.47. The first-order chi connectivity index (χ1) is 7.90. The predicted octanol–water partition coefficient (Wildman–Crippen LogP) is -0.809. The molecular weight excluding hydrogens is 244 g/mol. The van der Waals surface area contributed by atoms with Gasteiger partial charge in [-0.2, -0.15) is 9.97 Å². The van der Waals surface area contributed by atoms with Gasteiger partial charge in [0.1, 0.15) is 11.6 Å². The first-order valence-electron chi connectivity index (χ1n) is 5.03. The Labute approximate surface area is 99.9 Å². The molecule has 6 N–H and O–H groups in total. The highest BCUT2D eigenvalue weighted by atomic mass is 32.2. The lowest BCUT2D eigenvalue weighted by Crippen LogP contribution is -2.22. The van der Waals surface area contributed by atoms with Crippen LogP contribution in [0.25, 0.3) is 0 Å². The van der Waals surface area contributed by atoms with E-state index in [-0.39, 0.29) is 18.2 Å². The number of nitrogens with two attached hydrogens (primary N) is 2. The van der Waals surface area contributed by atoms with E-state index >= 15 is 0 Å². The summed E-state index contributed by atoms with van der Waals surface area (Å²) < 4.78 is 21.5. The third-order valence-electron chi connectivity index (χ3n) is 1.79. The molecule has 1 aromatic heterocycles. The van der Waals surface area contributed by atoms with Crippen LogP contribution in [0, 0.1) is 0 Å². The molecule has 96 valence electrons. The lowest BCUT2D eigenvalue weighted by atomic mass is 10.5. The molecule has 0 amide bonds. The number of sulfonamides is 1. The van der Waals surface area contributed by atoms with Gasteiger partial charge in [0.15, 0.2) is 0 Å². The first kappa shape index (κ1) is 13.5. The van der Waals surface area contributed by atoms with Crippen LogP contribution in [0.3, 0.4) is 0 Å². The van der Waals surface area contributed by atoms with Gasteiger partial charge < -0.3 is 16.4 Å². The Balaban J connectivity index is 2.64. The second-order valence-corrected chi connectivity index (χ2v) is 5.05. The van der Waals surface area contributed by atoms with E-state index in [9.17, 15) is 8.42 Å². The standard InChI is InChI=1S/C8H16N6O2S/c1-2-11-6-5-7(14-8(9)13-6)12-3-4-17(10,15)16/h5H,2-4H2,1H3,(H2,10,15,16)(H4,9,11,12,13,14). The summed E-state index contributed by atoms with van der Waals surface area (Å²) in [5.74, 6) is 0.977. The summed E-state index contributed by atoms with van der Waals surface area (Å²) in [6.45, 7) is 2.79. The molecule has 0 aliphatic carbocycles. The average molecular weight is 260 g/mol. The smallest absolute Gasteiger partial charge is 0.223 e. The maximum absolute atomic E-state index is 10.7. The van der Waals surface area contributed by atoms with Gasteiger partial charge in [0, 0.05) is 19.2 Å². The SMILES string of the molecule is CCNc1cc(NCCS(N)(=O)=O)nc(N)n1. The van der Waals surface area contributed by atoms with Crippen LogP contribution in [0.4, 0.5) is 17.6 Å². The summed E-state index contributed by atoms with van der Waals surface area (Å²) in [6.07, 6.45) is 0. The van der Waals surface area contributed by atoms with Crippen molar-refractivity contribution in [1.29, 1.82) is 0 Å². The van der Waals surface area contributed by atoms with Gasteiger partial charge in [-0.3, -0.25) is 0 Å². The van der Waals surface area contributed by atoms with Crippen LogP contribution in [0.5, 0.6) is 0 Å². The summed E-state index contributed by atoms with van der Waals surface area (Å²) in [5, 5.41) is 10.7. The van der Waals surface area contributed by atoms with Gasteiger partial charge in [0.25, 0.3) is 0 Å². The Bertz CT molecular complexity index is 475. The third kappa shape index (κ3) is 5.31. The molecule has 0 unspecified atom stereocenters. The monoisotopic (exact) mass is 260 g/mol. The Hall–Kier alpha value is -1.61. The van der Waals surface area contributed by atoms with Gasteiger partial charge in [0.2, 0.25) is 16.0 Å². The topological polar surface area (TPSA) is 136 Å². The molecule has 1 aromatic rings. The highest BCUT2D eigenvalue weighted by Crippen LogP contribution is 2.11. The van der Waals surface area contributed by atoms with Gasteiger partial charge in [-0.1, -0.05) is 0 Å². The summed E-state index contributed by atoms with van der Waals surface area (Å²) in [4.78, 5) is 7.87. The number of nitrogens with zero attached hydrogens (tertiary/aromatic N) is 2. The number of hydrogen-bond donors (Lipinski definition) is 4. The lowest BCUT2D eigenvalue weighted by molar-refractivity contribution is 0.598. The minimum Gasteiger partial charge on any atom is -0.370 e. The molecule has 0 radical (unpaired) electrons. The average Bonchev–Trinajstić information content (AvgIpc) is 2.15. The number of rotatable bonds is 6. The lowest BCUT2D eigenvalue weighted by Gasteiger charge is -2.08. The van der Waals surface area contributed by atoms with Crippen LogP contribution < -0.4 is 21.5 Å². The number of primary sulfonamides is 1. The van der Waals surface area contributed by atoms with E-state index in [4.69, 9.17) is 10.9 Å². The van der Waals surface area contributed by atoms with Crippen molar-refractivity contribution in [2.75, 3.05) is 35.2 Å². The van der Waals surface area contributed by atoms with Gasteiger partial charge in [0.05, 0.1) is 5.75 Å². The molecule has 17 heavy (non-hydrogen) atoms. The summed E-state index contributed by atoms with van der Waals surface area (Å²) in [5.41, 5.74) is 5.50. The van der Waals surface area contributed by atoms with E-state index in [1.165, 1.54) is 0 Å². The second-order valence-electron chi connectivity index (χ2n) is 3.32. The molecule has 0 fully saturated rings. The highest BCUT2D eigenvalue weighted by Gasteiger charge is 2.04. The first-order valence-corrected chi connectivity index (χ1v) is 6.75. The van der Waals surface area contributed by atoms with Crippen LogP contribution >= 0.6 is 0 Å². The number of anilines is 3. The molecule has 9 heteroatoms. The molecule has 1 heterocycles. The highest BCUT2D eigenvalue weighted by molar-refractivity contribution is 7.89. The van der Waals surface area contributed by atoms with Gasteiger partial charge in [-0.15, -0.1) is 0 Å². The van der Waals surface area contributed by atoms with Crippen molar-refractivity contribution >= 4 is 27.6 Å². The number of hydrogen-bond acceptors (Lipinski definition) is 7. The van der Waals surface area contributed by atoms with Crippen LogP contribution in [0.2, 0.25) is 0 Å². The van der Waals surface area contributed by atoms with Crippen LogP contribution in [0.1, 0.15) is 6.92 Å². The van der Waals surface area contributed by atoms with E-state index in [1.807, 2.05) is 6.92 Å². The fourth-order valence-electron chi connectivity index (χ4n) is 1.15. The predicted molar refractivity (Wildman–Crippen MR) is 67.1 cm³/mol. The Morgan fingerprint density at radius 1 is 1.29 bits per heavy atom. The second kappa shape index (κ2) is 5.64. The zero-order valence-corrected chi connectivity index (χ0v) is 10.3. The molecule has 0 aliphatic rings. The molecule has 0 bridgehead atoms. The minimum absolute atomic E-state index is 0.113. The Kier molecular flexibility index (Phi) is 4.46. The quantitative estimate of drug-likeness (QED) is 0.525. The van der Waals surface area contributed by atoms with Gasteiger partial charge in [-0.25, -0.2) is 13.6 Å². The number of aromatic nitrogens is 2. The molecule has 0 spiro atoms. The van der Waals surface area contributed by atoms with Crippen molar-refractivity contribution in [1.82, 2.24) is 9.97 Å². The van der Waals surface area contributed by atoms with Crippen molar-refractivity contribution in [2.45, 2.75) is 6.92 Å². The molecule has 0 aliphatic heterocycles. The largest absolute Gasteiger partial charge is 0.370 e. The summed E-state index contributed by atoms with van der Waals surface area (Å²) in [6, 6.07) is 1.64. The molecule has 0 saturated heterocycles. The number of nitrogen functional groups attached to an aromatic ring is 1. The van der Waals surface area contributed by atoms with Crippen LogP contribution in [-0.4, -0.2) is 37.2 Å². The minimum atomic E-state index is -3.48. The molecular formula is C8H16N6O2S. The normalized spacial score (nSPS) is 11.2. The molecule has 8 nitrogen and oxygen atoms in total. The molecule has 0 aromatic carbocycles.